The van der Waals surface area contributed by atoms with Gasteiger partial charge in [-0.05, 0) is 18.2 Å². The Bertz CT molecular complexity index is 388. The van der Waals surface area contributed by atoms with E-state index in [0.29, 0.717) is 5.76 Å². The highest BCUT2D eigenvalue weighted by Gasteiger charge is 2.09. The molecule has 0 aromatic carbocycles. The van der Waals surface area contributed by atoms with Crippen LogP contribution in [0.25, 0.3) is 6.08 Å². The molecule has 0 bridgehead atoms. The third-order valence-electron chi connectivity index (χ3n) is 1.60. The molecule has 0 atom stereocenters. The van der Waals surface area contributed by atoms with Crippen molar-refractivity contribution in [1.29, 1.82) is 0 Å². The van der Waals surface area contributed by atoms with Gasteiger partial charge in [0.05, 0.1) is 14.2 Å². The highest BCUT2D eigenvalue weighted by atomic mass is 16.5. The van der Waals surface area contributed by atoms with Gasteiger partial charge in [0.15, 0.2) is 0 Å². The van der Waals surface area contributed by atoms with Gasteiger partial charge in [-0.2, -0.15) is 0 Å². The predicted octanol–water partition coefficient (Wildman–Crippen LogP) is 1.25. The van der Waals surface area contributed by atoms with Gasteiger partial charge in [-0.15, -0.1) is 0 Å². The van der Waals surface area contributed by atoms with Gasteiger partial charge in [0.2, 0.25) is 5.76 Å². The molecule has 5 nitrogen and oxygen atoms in total. The summed E-state index contributed by atoms with van der Waals surface area (Å²) in [6.45, 7) is 0. The first kappa shape index (κ1) is 11.0. The fourth-order valence-electron chi connectivity index (χ4n) is 0.871. The summed E-state index contributed by atoms with van der Waals surface area (Å²) < 4.78 is 13.9. The average Bonchev–Trinajstić information content (AvgIpc) is 2.73. The second kappa shape index (κ2) is 4.99. The van der Waals surface area contributed by atoms with E-state index in [1.165, 1.54) is 32.4 Å². The molecule has 0 aliphatic rings. The van der Waals surface area contributed by atoms with Crippen LogP contribution in [0.4, 0.5) is 0 Å². The number of rotatable bonds is 3. The summed E-state index contributed by atoms with van der Waals surface area (Å²) in [7, 11) is 2.53. The second-order valence-corrected chi connectivity index (χ2v) is 2.55. The lowest BCUT2D eigenvalue weighted by molar-refractivity contribution is -0.134. The van der Waals surface area contributed by atoms with E-state index in [-0.39, 0.29) is 5.76 Å². The molecule has 0 radical (unpaired) electrons. The number of furan rings is 1. The Balaban J connectivity index is 2.72. The predicted molar refractivity (Wildman–Crippen MR) is 51.1 cm³/mol. The second-order valence-electron chi connectivity index (χ2n) is 2.55. The summed E-state index contributed by atoms with van der Waals surface area (Å²) in [6.07, 6.45) is 2.60. The van der Waals surface area contributed by atoms with Crippen molar-refractivity contribution in [3.8, 4) is 0 Å². The van der Waals surface area contributed by atoms with Gasteiger partial charge < -0.3 is 13.9 Å². The van der Waals surface area contributed by atoms with E-state index < -0.39 is 11.9 Å². The van der Waals surface area contributed by atoms with Gasteiger partial charge in [-0.25, -0.2) is 9.59 Å². The van der Waals surface area contributed by atoms with Crippen LogP contribution < -0.4 is 0 Å². The standard InChI is InChI=1S/C10H10O5/c1-13-9(11)6-4-7-3-5-8(15-7)10(12)14-2/h3-6H,1-2H3. The summed E-state index contributed by atoms with van der Waals surface area (Å²) in [4.78, 5) is 21.7. The third-order valence-corrected chi connectivity index (χ3v) is 1.60. The molecule has 0 N–H and O–H groups in total. The van der Waals surface area contributed by atoms with E-state index in [1.807, 2.05) is 0 Å². The number of hydrogen-bond acceptors (Lipinski definition) is 5. The number of ether oxygens (including phenoxy) is 2. The number of hydrogen-bond donors (Lipinski definition) is 0. The SMILES string of the molecule is COC(=O)C=Cc1ccc(C(=O)OC)o1. The molecule has 1 aromatic heterocycles. The molecule has 1 heterocycles. The van der Waals surface area contributed by atoms with Gasteiger partial charge in [0.1, 0.15) is 5.76 Å². The topological polar surface area (TPSA) is 65.7 Å². The van der Waals surface area contributed by atoms with Crippen molar-refractivity contribution in [3.63, 3.8) is 0 Å². The normalized spacial score (nSPS) is 10.3. The molecule has 0 saturated heterocycles. The largest absolute Gasteiger partial charge is 0.466 e. The smallest absolute Gasteiger partial charge is 0.373 e. The zero-order valence-electron chi connectivity index (χ0n) is 8.35. The Morgan fingerprint density at radius 1 is 1.27 bits per heavy atom. The molecule has 0 amide bonds. The molecule has 1 rings (SSSR count). The van der Waals surface area contributed by atoms with Gasteiger partial charge in [0.25, 0.3) is 0 Å². The third kappa shape index (κ3) is 2.98. The molecule has 0 aliphatic carbocycles. The lowest BCUT2D eigenvalue weighted by Crippen LogP contribution is -1.98. The molecular formula is C10H10O5. The van der Waals surface area contributed by atoms with Crippen LogP contribution in [0.15, 0.2) is 22.6 Å². The molecule has 0 aliphatic heterocycles. The number of esters is 2. The van der Waals surface area contributed by atoms with Crippen molar-refractivity contribution in [2.75, 3.05) is 14.2 Å². The van der Waals surface area contributed by atoms with E-state index in [2.05, 4.69) is 9.47 Å². The van der Waals surface area contributed by atoms with Crippen LogP contribution in [0.1, 0.15) is 16.3 Å². The Morgan fingerprint density at radius 3 is 2.60 bits per heavy atom. The number of carbonyl (C=O) groups is 2. The van der Waals surface area contributed by atoms with Crippen LogP contribution in [0.5, 0.6) is 0 Å². The molecule has 15 heavy (non-hydrogen) atoms. The van der Waals surface area contributed by atoms with Crippen molar-refractivity contribution in [2.45, 2.75) is 0 Å². The van der Waals surface area contributed by atoms with Gasteiger partial charge >= 0.3 is 11.9 Å². The molecule has 0 saturated carbocycles. The van der Waals surface area contributed by atoms with Crippen LogP contribution in [0.3, 0.4) is 0 Å². The average molecular weight is 210 g/mol. The van der Waals surface area contributed by atoms with Crippen molar-refractivity contribution in [1.82, 2.24) is 0 Å². The quantitative estimate of drug-likeness (QED) is 0.555. The first-order valence-corrected chi connectivity index (χ1v) is 4.11. The highest BCUT2D eigenvalue weighted by Crippen LogP contribution is 2.10. The molecule has 0 fully saturated rings. The molecule has 80 valence electrons. The lowest BCUT2D eigenvalue weighted by atomic mass is 10.4. The fraction of sp³-hybridized carbons (Fsp3) is 0.200. The zero-order chi connectivity index (χ0) is 11.3. The van der Waals surface area contributed by atoms with E-state index in [9.17, 15) is 9.59 Å². The van der Waals surface area contributed by atoms with E-state index >= 15 is 0 Å². The summed E-state index contributed by atoms with van der Waals surface area (Å²) in [6, 6.07) is 3.01. The Labute approximate surface area is 86.3 Å². The van der Waals surface area contributed by atoms with Crippen molar-refractivity contribution in [2.24, 2.45) is 0 Å². The first-order chi connectivity index (χ1) is 7.17. The Hall–Kier alpha value is -2.04. The zero-order valence-corrected chi connectivity index (χ0v) is 8.35. The summed E-state index contributed by atoms with van der Waals surface area (Å²) in [5, 5.41) is 0. The number of methoxy groups -OCH3 is 2. The van der Waals surface area contributed by atoms with Crippen LogP contribution in [0.2, 0.25) is 0 Å². The maximum absolute atomic E-state index is 11.0. The van der Waals surface area contributed by atoms with E-state index in [1.54, 1.807) is 6.07 Å². The summed E-state index contributed by atoms with van der Waals surface area (Å²) in [5.41, 5.74) is 0. The van der Waals surface area contributed by atoms with Crippen LogP contribution in [-0.4, -0.2) is 26.2 Å². The van der Waals surface area contributed by atoms with Gasteiger partial charge in [-0.3, -0.25) is 0 Å². The first-order valence-electron chi connectivity index (χ1n) is 4.11. The van der Waals surface area contributed by atoms with Gasteiger partial charge in [0, 0.05) is 6.08 Å². The summed E-state index contributed by atoms with van der Waals surface area (Å²) in [5.74, 6) is -0.596. The maximum Gasteiger partial charge on any atom is 0.373 e. The highest BCUT2D eigenvalue weighted by molar-refractivity contribution is 5.88. The van der Waals surface area contributed by atoms with Crippen LogP contribution in [-0.2, 0) is 14.3 Å². The van der Waals surface area contributed by atoms with Gasteiger partial charge in [-0.1, -0.05) is 0 Å². The van der Waals surface area contributed by atoms with E-state index in [0.717, 1.165) is 0 Å². The maximum atomic E-state index is 11.0. The fourth-order valence-corrected chi connectivity index (χ4v) is 0.871. The van der Waals surface area contributed by atoms with Crippen LogP contribution >= 0.6 is 0 Å². The molecule has 0 spiro atoms. The molecule has 0 unspecified atom stereocenters. The Kier molecular flexibility index (Phi) is 3.68. The molecule has 1 aromatic rings. The van der Waals surface area contributed by atoms with E-state index in [4.69, 9.17) is 4.42 Å². The molecule has 5 heteroatoms. The van der Waals surface area contributed by atoms with Crippen LogP contribution in [0, 0.1) is 0 Å². The minimum Gasteiger partial charge on any atom is -0.466 e. The summed E-state index contributed by atoms with van der Waals surface area (Å²) >= 11 is 0. The minimum atomic E-state index is -0.562. The van der Waals surface area contributed by atoms with Crippen molar-refractivity contribution >= 4 is 18.0 Å². The monoisotopic (exact) mass is 210 g/mol. The molecular weight excluding hydrogens is 200 g/mol. The number of carbonyl (C=O) groups excluding carboxylic acids is 2. The lowest BCUT2D eigenvalue weighted by Gasteiger charge is -1.92. The van der Waals surface area contributed by atoms with Crippen molar-refractivity contribution in [3.05, 3.63) is 29.7 Å². The minimum absolute atomic E-state index is 0.0852. The Morgan fingerprint density at radius 2 is 2.00 bits per heavy atom. The van der Waals surface area contributed by atoms with Crippen molar-refractivity contribution < 1.29 is 23.5 Å².